The van der Waals surface area contributed by atoms with Gasteiger partial charge in [-0.05, 0) is 25.0 Å². The maximum atomic E-state index is 5.79. The highest BCUT2D eigenvalue weighted by molar-refractivity contribution is 5.61. The summed E-state index contributed by atoms with van der Waals surface area (Å²) in [5.74, 6) is 2.79. The van der Waals surface area contributed by atoms with E-state index in [-0.39, 0.29) is 6.23 Å². The monoisotopic (exact) mass is 270 g/mol. The molecule has 0 saturated heterocycles. The van der Waals surface area contributed by atoms with E-state index in [1.807, 2.05) is 25.1 Å². The SMILES string of the molecule is CC(C)CN1c2nc(-c3ccccn3)ncc2OC1C. The van der Waals surface area contributed by atoms with Crippen LogP contribution in [-0.2, 0) is 0 Å². The number of hydrogen-bond donors (Lipinski definition) is 0. The largest absolute Gasteiger partial charge is 0.465 e. The van der Waals surface area contributed by atoms with Crippen molar-refractivity contribution in [3.63, 3.8) is 0 Å². The molecule has 0 saturated carbocycles. The van der Waals surface area contributed by atoms with Crippen molar-refractivity contribution in [3.05, 3.63) is 30.6 Å². The first-order chi connectivity index (χ1) is 9.65. The Hall–Kier alpha value is -2.17. The minimum Gasteiger partial charge on any atom is -0.465 e. The topological polar surface area (TPSA) is 51.1 Å². The fourth-order valence-corrected chi connectivity index (χ4v) is 2.32. The molecule has 0 fully saturated rings. The number of hydrogen-bond acceptors (Lipinski definition) is 5. The Bertz CT molecular complexity index is 600. The molecule has 3 rings (SSSR count). The fraction of sp³-hybridized carbons (Fsp3) is 0.400. The van der Waals surface area contributed by atoms with Gasteiger partial charge in [0.15, 0.2) is 23.6 Å². The van der Waals surface area contributed by atoms with Crippen molar-refractivity contribution in [3.8, 4) is 17.3 Å². The molecule has 0 aromatic carbocycles. The van der Waals surface area contributed by atoms with Gasteiger partial charge in [-0.3, -0.25) is 4.98 Å². The van der Waals surface area contributed by atoms with Gasteiger partial charge in [-0.2, -0.15) is 0 Å². The maximum absolute atomic E-state index is 5.79. The average Bonchev–Trinajstić information content (AvgIpc) is 2.75. The molecule has 0 spiro atoms. The zero-order valence-corrected chi connectivity index (χ0v) is 11.9. The molecule has 0 aliphatic carbocycles. The fourth-order valence-electron chi connectivity index (χ4n) is 2.32. The zero-order valence-electron chi connectivity index (χ0n) is 11.9. The quantitative estimate of drug-likeness (QED) is 0.858. The number of rotatable bonds is 3. The van der Waals surface area contributed by atoms with Crippen LogP contribution in [0.4, 0.5) is 5.82 Å². The van der Waals surface area contributed by atoms with E-state index in [9.17, 15) is 0 Å². The molecule has 0 radical (unpaired) electrons. The number of pyridine rings is 1. The number of aromatic nitrogens is 3. The van der Waals surface area contributed by atoms with Crippen LogP contribution in [0.5, 0.6) is 5.75 Å². The summed E-state index contributed by atoms with van der Waals surface area (Å²) in [6.45, 7) is 7.31. The van der Waals surface area contributed by atoms with Gasteiger partial charge < -0.3 is 9.64 Å². The first-order valence-electron chi connectivity index (χ1n) is 6.87. The number of ether oxygens (including phenoxy) is 1. The second-order valence-electron chi connectivity index (χ2n) is 5.36. The van der Waals surface area contributed by atoms with E-state index in [2.05, 4.69) is 33.7 Å². The third-order valence-electron chi connectivity index (χ3n) is 3.20. The third kappa shape index (κ3) is 2.31. The van der Waals surface area contributed by atoms with Crippen LogP contribution in [-0.4, -0.2) is 27.7 Å². The van der Waals surface area contributed by atoms with Crippen molar-refractivity contribution in [1.29, 1.82) is 0 Å². The van der Waals surface area contributed by atoms with E-state index in [4.69, 9.17) is 4.74 Å². The Kier molecular flexibility index (Phi) is 3.26. The first kappa shape index (κ1) is 12.8. The van der Waals surface area contributed by atoms with Crippen LogP contribution in [0.3, 0.4) is 0 Å². The van der Waals surface area contributed by atoms with Crippen molar-refractivity contribution in [2.75, 3.05) is 11.4 Å². The van der Waals surface area contributed by atoms with Crippen molar-refractivity contribution in [2.24, 2.45) is 5.92 Å². The van der Waals surface area contributed by atoms with Crippen LogP contribution in [0.1, 0.15) is 20.8 Å². The van der Waals surface area contributed by atoms with Crippen LogP contribution in [0.15, 0.2) is 30.6 Å². The average molecular weight is 270 g/mol. The van der Waals surface area contributed by atoms with Crippen LogP contribution in [0.25, 0.3) is 11.5 Å². The van der Waals surface area contributed by atoms with Gasteiger partial charge >= 0.3 is 0 Å². The first-order valence-corrected chi connectivity index (χ1v) is 6.87. The molecule has 1 atom stereocenters. The summed E-state index contributed by atoms with van der Waals surface area (Å²) in [6, 6.07) is 5.73. The molecule has 2 aromatic rings. The van der Waals surface area contributed by atoms with E-state index in [0.717, 1.165) is 23.8 Å². The molecule has 0 amide bonds. The Balaban J connectivity index is 1.98. The lowest BCUT2D eigenvalue weighted by molar-refractivity contribution is 0.240. The summed E-state index contributed by atoms with van der Waals surface area (Å²) in [4.78, 5) is 15.4. The zero-order chi connectivity index (χ0) is 14.1. The minimum atomic E-state index is 0.000632. The minimum absolute atomic E-state index is 0.000632. The van der Waals surface area contributed by atoms with E-state index >= 15 is 0 Å². The molecule has 5 nitrogen and oxygen atoms in total. The molecule has 3 heterocycles. The lowest BCUT2D eigenvalue weighted by Gasteiger charge is -2.23. The second-order valence-corrected chi connectivity index (χ2v) is 5.36. The van der Waals surface area contributed by atoms with Crippen molar-refractivity contribution >= 4 is 5.82 Å². The molecule has 104 valence electrons. The van der Waals surface area contributed by atoms with Gasteiger partial charge in [-0.25, -0.2) is 9.97 Å². The lowest BCUT2D eigenvalue weighted by atomic mass is 10.2. The van der Waals surface area contributed by atoms with Crippen LogP contribution >= 0.6 is 0 Å². The van der Waals surface area contributed by atoms with Crippen LogP contribution in [0, 0.1) is 5.92 Å². The van der Waals surface area contributed by atoms with Crippen molar-refractivity contribution in [2.45, 2.75) is 27.0 Å². The molecule has 1 aliphatic heterocycles. The molecule has 1 aliphatic rings. The summed E-state index contributed by atoms with van der Waals surface area (Å²) >= 11 is 0. The number of anilines is 1. The number of fused-ring (bicyclic) bond motifs is 1. The van der Waals surface area contributed by atoms with Gasteiger partial charge in [-0.1, -0.05) is 19.9 Å². The molecule has 2 aromatic heterocycles. The predicted octanol–water partition coefficient (Wildman–Crippen LogP) is 2.74. The van der Waals surface area contributed by atoms with Gasteiger partial charge in [0.25, 0.3) is 0 Å². The summed E-state index contributed by atoms with van der Waals surface area (Å²) in [5.41, 5.74) is 0.777. The molecule has 20 heavy (non-hydrogen) atoms. The van der Waals surface area contributed by atoms with Gasteiger partial charge in [0.05, 0.1) is 6.20 Å². The summed E-state index contributed by atoms with van der Waals surface area (Å²) < 4.78 is 5.79. The van der Waals surface area contributed by atoms with E-state index in [1.165, 1.54) is 0 Å². The van der Waals surface area contributed by atoms with E-state index in [0.29, 0.717) is 11.7 Å². The Morgan fingerprint density at radius 3 is 2.85 bits per heavy atom. The van der Waals surface area contributed by atoms with Crippen molar-refractivity contribution in [1.82, 2.24) is 15.0 Å². The summed E-state index contributed by atoms with van der Waals surface area (Å²) in [7, 11) is 0. The molecule has 1 unspecified atom stereocenters. The Morgan fingerprint density at radius 2 is 2.15 bits per heavy atom. The third-order valence-corrected chi connectivity index (χ3v) is 3.20. The van der Waals surface area contributed by atoms with Gasteiger partial charge in [-0.15, -0.1) is 0 Å². The molecule has 0 bridgehead atoms. The molecular weight excluding hydrogens is 252 g/mol. The normalized spacial score (nSPS) is 17.2. The summed E-state index contributed by atoms with van der Waals surface area (Å²) in [5, 5.41) is 0. The van der Waals surface area contributed by atoms with Crippen LogP contribution in [0.2, 0.25) is 0 Å². The summed E-state index contributed by atoms with van der Waals surface area (Å²) in [6.07, 6.45) is 3.49. The maximum Gasteiger partial charge on any atom is 0.183 e. The molecule has 0 N–H and O–H groups in total. The Labute approximate surface area is 118 Å². The van der Waals surface area contributed by atoms with Crippen LogP contribution < -0.4 is 9.64 Å². The highest BCUT2D eigenvalue weighted by Gasteiger charge is 2.30. The van der Waals surface area contributed by atoms with E-state index < -0.39 is 0 Å². The smallest absolute Gasteiger partial charge is 0.183 e. The van der Waals surface area contributed by atoms with Gasteiger partial charge in [0, 0.05) is 12.7 Å². The highest BCUT2D eigenvalue weighted by Crippen LogP contribution is 2.36. The van der Waals surface area contributed by atoms with E-state index in [1.54, 1.807) is 12.4 Å². The van der Waals surface area contributed by atoms with Gasteiger partial charge in [0.2, 0.25) is 0 Å². The number of nitrogens with zero attached hydrogens (tertiary/aromatic N) is 4. The molecule has 5 heteroatoms. The lowest BCUT2D eigenvalue weighted by Crippen LogP contribution is -2.35. The van der Waals surface area contributed by atoms with Gasteiger partial charge in [0.1, 0.15) is 5.69 Å². The Morgan fingerprint density at radius 1 is 1.30 bits per heavy atom. The predicted molar refractivity (Wildman–Crippen MR) is 77.5 cm³/mol. The standard InChI is InChI=1S/C15H18N4O/c1-10(2)9-19-11(3)20-13-8-17-14(18-15(13)19)12-6-4-5-7-16-12/h4-8,10-11H,9H2,1-3H3. The second kappa shape index (κ2) is 5.07. The molecular formula is C15H18N4O. The highest BCUT2D eigenvalue weighted by atomic mass is 16.5. The van der Waals surface area contributed by atoms with Crippen molar-refractivity contribution < 1.29 is 4.74 Å².